The lowest BCUT2D eigenvalue weighted by Crippen LogP contribution is -2.32. The van der Waals surface area contributed by atoms with Gasteiger partial charge in [-0.25, -0.2) is 4.79 Å². The third kappa shape index (κ3) is 7.00. The molecule has 2 N–H and O–H groups in total. The van der Waals surface area contributed by atoms with E-state index in [1.807, 2.05) is 39.8 Å². The molecule has 1 aromatic rings. The summed E-state index contributed by atoms with van der Waals surface area (Å²) in [7, 11) is 1.33. The molecule has 1 amide bonds. The van der Waals surface area contributed by atoms with Crippen molar-refractivity contribution in [3.8, 4) is 5.75 Å². The fourth-order valence-corrected chi connectivity index (χ4v) is 2.39. The van der Waals surface area contributed by atoms with Crippen molar-refractivity contribution in [1.82, 2.24) is 10.6 Å². The number of carbonyl (C=O) groups excluding carboxylic acids is 2. The monoisotopic (exact) mass is 336 g/mol. The first-order valence-corrected chi connectivity index (χ1v) is 8.13. The van der Waals surface area contributed by atoms with E-state index in [1.165, 1.54) is 7.11 Å². The highest BCUT2D eigenvalue weighted by atomic mass is 16.6. The number of esters is 1. The molecule has 0 atom stereocenters. The van der Waals surface area contributed by atoms with Crippen molar-refractivity contribution in [2.24, 2.45) is 0 Å². The van der Waals surface area contributed by atoms with E-state index in [2.05, 4.69) is 15.4 Å². The van der Waals surface area contributed by atoms with Crippen LogP contribution >= 0.6 is 0 Å². The lowest BCUT2D eigenvalue weighted by molar-refractivity contribution is -0.142. The Bertz CT molecular complexity index is 547. The number of ether oxygens (including phenoxy) is 2. The average molecular weight is 336 g/mol. The van der Waals surface area contributed by atoms with Gasteiger partial charge < -0.3 is 20.1 Å². The molecule has 0 saturated heterocycles. The molecule has 134 valence electrons. The van der Waals surface area contributed by atoms with Crippen LogP contribution in [0.4, 0.5) is 0 Å². The highest BCUT2D eigenvalue weighted by Gasteiger charge is 2.09. The Balaban J connectivity index is 2.50. The molecular weight excluding hydrogens is 308 g/mol. The Kier molecular flexibility index (Phi) is 8.26. The zero-order valence-electron chi connectivity index (χ0n) is 15.2. The van der Waals surface area contributed by atoms with Crippen molar-refractivity contribution >= 4 is 11.9 Å². The van der Waals surface area contributed by atoms with Crippen LogP contribution < -0.4 is 15.4 Å². The number of nitrogens with one attached hydrogen (secondary N) is 2. The highest BCUT2D eigenvalue weighted by Crippen LogP contribution is 2.24. The van der Waals surface area contributed by atoms with Crippen molar-refractivity contribution in [3.63, 3.8) is 0 Å². The van der Waals surface area contributed by atoms with Crippen LogP contribution in [0, 0.1) is 13.8 Å². The van der Waals surface area contributed by atoms with Crippen molar-refractivity contribution < 1.29 is 19.1 Å². The van der Waals surface area contributed by atoms with Gasteiger partial charge in [0.25, 0.3) is 0 Å². The van der Waals surface area contributed by atoms with Gasteiger partial charge in [0, 0.05) is 25.6 Å². The third-order valence-electron chi connectivity index (χ3n) is 3.39. The average Bonchev–Trinajstić information content (AvgIpc) is 2.49. The zero-order valence-corrected chi connectivity index (χ0v) is 15.2. The van der Waals surface area contributed by atoms with Gasteiger partial charge in [-0.05, 0) is 44.4 Å². The number of benzene rings is 1. The molecule has 0 radical (unpaired) electrons. The van der Waals surface area contributed by atoms with Crippen LogP contribution in [0.1, 0.15) is 37.0 Å². The van der Waals surface area contributed by atoms with E-state index in [4.69, 9.17) is 4.74 Å². The molecule has 0 spiro atoms. The summed E-state index contributed by atoms with van der Waals surface area (Å²) in [6, 6.07) is 4.20. The third-order valence-corrected chi connectivity index (χ3v) is 3.39. The second-order valence-corrected chi connectivity index (χ2v) is 6.07. The van der Waals surface area contributed by atoms with Crippen molar-refractivity contribution in [1.29, 1.82) is 0 Å². The van der Waals surface area contributed by atoms with Gasteiger partial charge in [0.15, 0.2) is 6.61 Å². The normalized spacial score (nSPS) is 10.6. The van der Waals surface area contributed by atoms with Gasteiger partial charge in [0.05, 0.1) is 7.11 Å². The molecular formula is C18H28N2O4. The van der Waals surface area contributed by atoms with E-state index in [-0.39, 0.29) is 18.6 Å². The minimum atomic E-state index is -0.404. The van der Waals surface area contributed by atoms with E-state index in [0.29, 0.717) is 25.3 Å². The maximum absolute atomic E-state index is 11.6. The molecule has 6 nitrogen and oxygen atoms in total. The van der Waals surface area contributed by atoms with E-state index in [1.54, 1.807) is 0 Å². The summed E-state index contributed by atoms with van der Waals surface area (Å²) >= 11 is 0. The smallest absolute Gasteiger partial charge is 0.343 e. The van der Waals surface area contributed by atoms with Crippen LogP contribution in [0.5, 0.6) is 5.75 Å². The maximum atomic E-state index is 11.6. The van der Waals surface area contributed by atoms with Gasteiger partial charge in [0.1, 0.15) is 5.75 Å². The SMILES string of the molecule is COC(=O)COc1c(C)cc(CNCCC(=O)NC(C)C)cc1C. The Labute approximate surface area is 143 Å². The van der Waals surface area contributed by atoms with Crippen LogP contribution in [0.25, 0.3) is 0 Å². The van der Waals surface area contributed by atoms with Crippen LogP contribution in [-0.2, 0) is 20.9 Å². The largest absolute Gasteiger partial charge is 0.481 e. The first-order valence-electron chi connectivity index (χ1n) is 8.13. The minimum absolute atomic E-state index is 0.0522. The van der Waals surface area contributed by atoms with Gasteiger partial charge in [-0.15, -0.1) is 0 Å². The molecule has 1 rings (SSSR count). The van der Waals surface area contributed by atoms with Crippen LogP contribution in [-0.4, -0.2) is 38.2 Å². The molecule has 24 heavy (non-hydrogen) atoms. The lowest BCUT2D eigenvalue weighted by Gasteiger charge is -2.14. The van der Waals surface area contributed by atoms with Gasteiger partial charge in [-0.1, -0.05) is 12.1 Å². The number of aryl methyl sites for hydroxylation is 2. The molecule has 0 aliphatic heterocycles. The number of methoxy groups -OCH3 is 1. The number of rotatable bonds is 9. The number of hydrogen-bond acceptors (Lipinski definition) is 5. The molecule has 0 heterocycles. The molecule has 0 aromatic heterocycles. The standard InChI is InChI=1S/C18H28N2O4/c1-12(2)20-16(21)6-7-19-10-15-8-13(3)18(14(4)9-15)24-11-17(22)23-5/h8-9,12,19H,6-7,10-11H2,1-5H3,(H,20,21). The second-order valence-electron chi connectivity index (χ2n) is 6.07. The van der Waals surface area contributed by atoms with E-state index < -0.39 is 5.97 Å². The summed E-state index contributed by atoms with van der Waals surface area (Å²) in [6.07, 6.45) is 0.455. The lowest BCUT2D eigenvalue weighted by atomic mass is 10.1. The summed E-state index contributed by atoms with van der Waals surface area (Å²) in [5.41, 5.74) is 3.04. The van der Waals surface area contributed by atoms with Crippen LogP contribution in [0.2, 0.25) is 0 Å². The van der Waals surface area contributed by atoms with Gasteiger partial charge in [-0.3, -0.25) is 4.79 Å². The summed E-state index contributed by atoms with van der Waals surface area (Å²) in [4.78, 5) is 22.7. The van der Waals surface area contributed by atoms with E-state index in [9.17, 15) is 9.59 Å². The van der Waals surface area contributed by atoms with Crippen LogP contribution in [0.15, 0.2) is 12.1 Å². The highest BCUT2D eigenvalue weighted by molar-refractivity contribution is 5.76. The topological polar surface area (TPSA) is 76.7 Å². The van der Waals surface area contributed by atoms with Gasteiger partial charge in [0.2, 0.25) is 5.91 Å². The Morgan fingerprint density at radius 1 is 1.17 bits per heavy atom. The van der Waals surface area contributed by atoms with Crippen molar-refractivity contribution in [2.75, 3.05) is 20.3 Å². The first-order chi connectivity index (χ1) is 11.3. The van der Waals surface area contributed by atoms with Gasteiger partial charge >= 0.3 is 5.97 Å². The van der Waals surface area contributed by atoms with E-state index >= 15 is 0 Å². The predicted molar refractivity (Wildman–Crippen MR) is 93.0 cm³/mol. The molecule has 0 bridgehead atoms. The molecule has 6 heteroatoms. The Hall–Kier alpha value is -2.08. The molecule has 0 unspecified atom stereocenters. The summed E-state index contributed by atoms with van der Waals surface area (Å²) < 4.78 is 10.1. The molecule has 0 aliphatic carbocycles. The number of hydrogen-bond donors (Lipinski definition) is 2. The quantitative estimate of drug-likeness (QED) is 0.532. The fourth-order valence-electron chi connectivity index (χ4n) is 2.39. The Morgan fingerprint density at radius 2 is 1.79 bits per heavy atom. The van der Waals surface area contributed by atoms with Gasteiger partial charge in [-0.2, -0.15) is 0 Å². The first kappa shape index (κ1) is 20.0. The Morgan fingerprint density at radius 3 is 2.33 bits per heavy atom. The van der Waals surface area contributed by atoms with Crippen molar-refractivity contribution in [2.45, 2.75) is 46.7 Å². The van der Waals surface area contributed by atoms with Crippen molar-refractivity contribution in [3.05, 3.63) is 28.8 Å². The summed E-state index contributed by atoms with van der Waals surface area (Å²) in [5.74, 6) is 0.357. The fraction of sp³-hybridized carbons (Fsp3) is 0.556. The number of carbonyl (C=O) groups is 2. The summed E-state index contributed by atoms with van der Waals surface area (Å²) in [5, 5.41) is 6.13. The zero-order chi connectivity index (χ0) is 18.1. The van der Waals surface area contributed by atoms with E-state index in [0.717, 1.165) is 16.7 Å². The van der Waals surface area contributed by atoms with Crippen LogP contribution in [0.3, 0.4) is 0 Å². The molecule has 0 aliphatic rings. The minimum Gasteiger partial charge on any atom is -0.481 e. The molecule has 0 fully saturated rings. The molecule has 1 aromatic carbocycles. The number of amides is 1. The predicted octanol–water partition coefficient (Wildman–Crippen LogP) is 1.86. The maximum Gasteiger partial charge on any atom is 0.343 e. The summed E-state index contributed by atoms with van der Waals surface area (Å²) in [6.45, 7) is 8.98. The molecule has 0 saturated carbocycles. The second kappa shape index (κ2) is 9.93.